The molecule has 98 valence electrons. The quantitative estimate of drug-likeness (QED) is 0.427. The molecule has 1 aromatic carbocycles. The van der Waals surface area contributed by atoms with E-state index in [0.29, 0.717) is 19.1 Å². The summed E-state index contributed by atoms with van der Waals surface area (Å²) in [7, 11) is 0. The summed E-state index contributed by atoms with van der Waals surface area (Å²) in [6.07, 6.45) is 2.26. The second kappa shape index (κ2) is 9.82. The second-order valence-electron chi connectivity index (χ2n) is 3.77. The van der Waals surface area contributed by atoms with E-state index in [1.807, 2.05) is 24.3 Å². The van der Waals surface area contributed by atoms with Gasteiger partial charge in [0.15, 0.2) is 0 Å². The van der Waals surface area contributed by atoms with Crippen LogP contribution in [0.25, 0.3) is 0 Å². The first-order chi connectivity index (χ1) is 8.86. The van der Waals surface area contributed by atoms with Gasteiger partial charge in [0.2, 0.25) is 0 Å². The molecule has 0 aliphatic carbocycles. The van der Waals surface area contributed by atoms with E-state index in [0.717, 1.165) is 30.8 Å². The van der Waals surface area contributed by atoms with E-state index < -0.39 is 0 Å². The Morgan fingerprint density at radius 1 is 1.11 bits per heavy atom. The van der Waals surface area contributed by atoms with Crippen molar-refractivity contribution in [2.45, 2.75) is 19.8 Å². The minimum atomic E-state index is 0.355. The van der Waals surface area contributed by atoms with Crippen molar-refractivity contribution >= 4 is 11.6 Å². The van der Waals surface area contributed by atoms with Gasteiger partial charge in [-0.1, -0.05) is 25.2 Å². The zero-order valence-corrected chi connectivity index (χ0v) is 11.5. The van der Waals surface area contributed by atoms with E-state index in [-0.39, 0.29) is 0 Å². The van der Waals surface area contributed by atoms with Crippen LogP contribution in [0, 0.1) is 11.8 Å². The molecule has 18 heavy (non-hydrogen) atoms. The van der Waals surface area contributed by atoms with Crippen LogP contribution in [0.3, 0.4) is 0 Å². The number of ether oxygens (including phenoxy) is 2. The lowest BCUT2D eigenvalue weighted by atomic mass is 10.2. The van der Waals surface area contributed by atoms with Crippen LogP contribution in [0.2, 0.25) is 0 Å². The fourth-order valence-electron chi connectivity index (χ4n) is 1.34. The molecule has 0 heterocycles. The molecule has 0 unspecified atom stereocenters. The molecule has 0 aromatic heterocycles. The normalized spacial score (nSPS) is 9.67. The Labute approximate surface area is 114 Å². The molecule has 0 aliphatic rings. The Bertz CT molecular complexity index is 376. The van der Waals surface area contributed by atoms with Crippen LogP contribution in [-0.2, 0) is 4.74 Å². The van der Waals surface area contributed by atoms with Gasteiger partial charge in [-0.25, -0.2) is 0 Å². The molecular weight excluding hydrogens is 248 g/mol. The summed E-state index contributed by atoms with van der Waals surface area (Å²) in [5, 5.41) is 0. The molecule has 0 aliphatic heterocycles. The van der Waals surface area contributed by atoms with Crippen molar-refractivity contribution in [3.8, 4) is 17.6 Å². The van der Waals surface area contributed by atoms with Crippen molar-refractivity contribution in [2.24, 2.45) is 0 Å². The Kier molecular flexibility index (Phi) is 8.12. The van der Waals surface area contributed by atoms with Crippen molar-refractivity contribution in [3.63, 3.8) is 0 Å². The number of hydrogen-bond donors (Lipinski definition) is 0. The molecule has 0 atom stereocenters. The average Bonchev–Trinajstić information content (AvgIpc) is 2.42. The maximum atomic E-state index is 5.55. The van der Waals surface area contributed by atoms with Crippen LogP contribution >= 0.6 is 11.6 Å². The summed E-state index contributed by atoms with van der Waals surface area (Å²) < 4.78 is 11.0. The maximum absolute atomic E-state index is 5.55. The Hall–Kier alpha value is -1.17. The lowest BCUT2D eigenvalue weighted by Gasteiger charge is -2.06. The molecular formula is C15H19ClO2. The van der Waals surface area contributed by atoms with Crippen LogP contribution in [0.15, 0.2) is 24.3 Å². The molecule has 0 amide bonds. The van der Waals surface area contributed by atoms with E-state index in [9.17, 15) is 0 Å². The Morgan fingerprint density at radius 3 is 2.56 bits per heavy atom. The summed E-state index contributed by atoms with van der Waals surface area (Å²) in [6, 6.07) is 7.66. The van der Waals surface area contributed by atoms with Crippen molar-refractivity contribution in [1.29, 1.82) is 0 Å². The van der Waals surface area contributed by atoms with Gasteiger partial charge in [-0.05, 0) is 30.7 Å². The topological polar surface area (TPSA) is 18.5 Å². The highest BCUT2D eigenvalue weighted by Crippen LogP contribution is 2.11. The van der Waals surface area contributed by atoms with Crippen LogP contribution in [0.1, 0.15) is 25.3 Å². The molecule has 1 aromatic rings. The third-order valence-corrected chi connectivity index (χ3v) is 2.43. The Balaban J connectivity index is 2.22. The summed E-state index contributed by atoms with van der Waals surface area (Å²) in [4.78, 5) is 0. The van der Waals surface area contributed by atoms with E-state index in [4.69, 9.17) is 21.1 Å². The molecule has 1 rings (SSSR count). The SMILES string of the molecule is CCCCOCCOc1ccc(C#CCCl)cc1. The van der Waals surface area contributed by atoms with Gasteiger partial charge in [0, 0.05) is 12.2 Å². The molecule has 0 saturated carbocycles. The number of unbranched alkanes of at least 4 members (excludes halogenated alkanes) is 1. The van der Waals surface area contributed by atoms with Gasteiger partial charge in [0.25, 0.3) is 0 Å². The minimum absolute atomic E-state index is 0.355. The first-order valence-corrected chi connectivity index (χ1v) is 6.75. The van der Waals surface area contributed by atoms with E-state index in [1.54, 1.807) is 0 Å². The summed E-state index contributed by atoms with van der Waals surface area (Å²) in [5.41, 5.74) is 0.946. The summed E-state index contributed by atoms with van der Waals surface area (Å²) in [6.45, 7) is 4.17. The first-order valence-electron chi connectivity index (χ1n) is 6.22. The molecule has 0 fully saturated rings. The number of benzene rings is 1. The first kappa shape index (κ1) is 14.9. The highest BCUT2D eigenvalue weighted by molar-refractivity contribution is 6.19. The van der Waals surface area contributed by atoms with Crippen molar-refractivity contribution in [2.75, 3.05) is 25.7 Å². The lowest BCUT2D eigenvalue weighted by molar-refractivity contribution is 0.0980. The van der Waals surface area contributed by atoms with Crippen molar-refractivity contribution in [3.05, 3.63) is 29.8 Å². The highest BCUT2D eigenvalue weighted by Gasteiger charge is 1.94. The number of halogens is 1. The molecule has 0 bridgehead atoms. The largest absolute Gasteiger partial charge is 0.491 e. The Morgan fingerprint density at radius 2 is 1.89 bits per heavy atom. The predicted octanol–water partition coefficient (Wildman–Crippen LogP) is 3.47. The smallest absolute Gasteiger partial charge is 0.119 e. The van der Waals surface area contributed by atoms with E-state index in [2.05, 4.69) is 18.8 Å². The van der Waals surface area contributed by atoms with Crippen LogP contribution in [0.4, 0.5) is 0 Å². The van der Waals surface area contributed by atoms with Gasteiger partial charge in [-0.2, -0.15) is 0 Å². The molecule has 0 spiro atoms. The lowest BCUT2D eigenvalue weighted by Crippen LogP contribution is -2.07. The maximum Gasteiger partial charge on any atom is 0.119 e. The minimum Gasteiger partial charge on any atom is -0.491 e. The number of rotatable bonds is 7. The molecule has 3 heteroatoms. The van der Waals surface area contributed by atoms with Gasteiger partial charge < -0.3 is 9.47 Å². The summed E-state index contributed by atoms with van der Waals surface area (Å²) in [5.74, 6) is 6.95. The van der Waals surface area contributed by atoms with Crippen LogP contribution < -0.4 is 4.74 Å². The number of alkyl halides is 1. The van der Waals surface area contributed by atoms with E-state index in [1.165, 1.54) is 0 Å². The van der Waals surface area contributed by atoms with Crippen LogP contribution in [0.5, 0.6) is 5.75 Å². The molecule has 2 nitrogen and oxygen atoms in total. The van der Waals surface area contributed by atoms with Gasteiger partial charge in [0.05, 0.1) is 12.5 Å². The third-order valence-electron chi connectivity index (χ3n) is 2.29. The molecule has 0 radical (unpaired) electrons. The molecule has 0 saturated heterocycles. The van der Waals surface area contributed by atoms with Gasteiger partial charge >= 0.3 is 0 Å². The van der Waals surface area contributed by atoms with Gasteiger partial charge in [-0.15, -0.1) is 11.6 Å². The highest BCUT2D eigenvalue weighted by atomic mass is 35.5. The summed E-state index contributed by atoms with van der Waals surface area (Å²) >= 11 is 5.49. The van der Waals surface area contributed by atoms with Gasteiger partial charge in [0.1, 0.15) is 12.4 Å². The van der Waals surface area contributed by atoms with Crippen molar-refractivity contribution in [1.82, 2.24) is 0 Å². The van der Waals surface area contributed by atoms with Gasteiger partial charge in [-0.3, -0.25) is 0 Å². The predicted molar refractivity (Wildman–Crippen MR) is 75.3 cm³/mol. The molecule has 0 N–H and O–H groups in total. The van der Waals surface area contributed by atoms with Crippen LogP contribution in [-0.4, -0.2) is 25.7 Å². The third kappa shape index (κ3) is 6.54. The standard InChI is InChI=1S/C15H19ClO2/c1-2-3-11-17-12-13-18-15-8-6-14(7-9-15)5-4-10-16/h6-9H,2-3,10-13H2,1H3. The zero-order valence-electron chi connectivity index (χ0n) is 10.7. The zero-order chi connectivity index (χ0) is 13.1. The van der Waals surface area contributed by atoms with E-state index >= 15 is 0 Å². The fraction of sp³-hybridized carbons (Fsp3) is 0.467. The fourth-order valence-corrected chi connectivity index (χ4v) is 1.40. The van der Waals surface area contributed by atoms with Crippen molar-refractivity contribution < 1.29 is 9.47 Å². The monoisotopic (exact) mass is 266 g/mol. The number of hydrogen-bond acceptors (Lipinski definition) is 2. The average molecular weight is 267 g/mol. The second-order valence-corrected chi connectivity index (χ2v) is 4.04.